The number of carbonyl (C=O) groups excluding carboxylic acids is 3. The van der Waals surface area contributed by atoms with E-state index in [2.05, 4.69) is 17.2 Å². The van der Waals surface area contributed by atoms with E-state index >= 15 is 0 Å². The lowest BCUT2D eigenvalue weighted by molar-refractivity contribution is -0.384. The van der Waals surface area contributed by atoms with Crippen LogP contribution in [0, 0.1) is 10.1 Å². The fourth-order valence-electron chi connectivity index (χ4n) is 1.35. The third-order valence-electron chi connectivity index (χ3n) is 2.51. The molecule has 2 amide bonds. The molecule has 1 rings (SSSR count). The number of hydrogen-bond acceptors (Lipinski definition) is 6. The number of rotatable bonds is 7. The second-order valence-corrected chi connectivity index (χ2v) is 4.46. The Morgan fingerprint density at radius 2 is 1.78 bits per heavy atom. The minimum absolute atomic E-state index is 0.116. The first kappa shape index (κ1) is 17.8. The number of nitro benzene ring substituents is 1. The van der Waals surface area contributed by atoms with E-state index in [0.29, 0.717) is 0 Å². The molecule has 0 unspecified atom stereocenters. The van der Waals surface area contributed by atoms with Gasteiger partial charge in [0, 0.05) is 17.7 Å². The molecule has 1 aromatic rings. The number of nitro groups is 1. The van der Waals surface area contributed by atoms with Crippen LogP contribution in [-0.4, -0.2) is 35.8 Å². The van der Waals surface area contributed by atoms with Gasteiger partial charge in [-0.05, 0) is 19.1 Å². The van der Waals surface area contributed by atoms with Gasteiger partial charge in [-0.3, -0.25) is 19.7 Å². The van der Waals surface area contributed by atoms with Crippen molar-refractivity contribution in [2.75, 3.05) is 13.1 Å². The van der Waals surface area contributed by atoms with Gasteiger partial charge in [-0.1, -0.05) is 6.58 Å². The summed E-state index contributed by atoms with van der Waals surface area (Å²) in [6, 6.07) is 4.92. The Labute approximate surface area is 131 Å². The average molecular weight is 321 g/mol. The Kier molecular flexibility index (Phi) is 6.41. The number of esters is 1. The smallest absolute Gasteiger partial charge is 0.330 e. The lowest BCUT2D eigenvalue weighted by atomic mass is 10.3. The van der Waals surface area contributed by atoms with Gasteiger partial charge in [0.05, 0.1) is 11.5 Å². The van der Waals surface area contributed by atoms with Crippen LogP contribution in [0.3, 0.4) is 0 Å². The number of carbonyl (C=O) groups is 3. The number of amides is 2. The van der Waals surface area contributed by atoms with Crippen molar-refractivity contribution in [1.29, 1.82) is 0 Å². The van der Waals surface area contributed by atoms with Gasteiger partial charge in [0.2, 0.25) is 11.8 Å². The van der Waals surface area contributed by atoms with Crippen molar-refractivity contribution in [2.45, 2.75) is 6.92 Å². The molecule has 0 saturated heterocycles. The highest BCUT2D eigenvalue weighted by Gasteiger charge is 2.10. The monoisotopic (exact) mass is 321 g/mol. The maximum atomic E-state index is 11.5. The molecule has 0 bridgehead atoms. The van der Waals surface area contributed by atoms with Crippen LogP contribution in [0.5, 0.6) is 5.75 Å². The van der Waals surface area contributed by atoms with Crippen LogP contribution in [0.25, 0.3) is 0 Å². The number of nitrogens with zero attached hydrogens (tertiary/aromatic N) is 1. The molecule has 9 heteroatoms. The summed E-state index contributed by atoms with van der Waals surface area (Å²) < 4.78 is 4.89. The topological polar surface area (TPSA) is 128 Å². The summed E-state index contributed by atoms with van der Waals surface area (Å²) in [5.74, 6) is -1.67. The van der Waals surface area contributed by atoms with Crippen molar-refractivity contribution in [3.05, 3.63) is 46.5 Å². The van der Waals surface area contributed by atoms with Crippen LogP contribution in [-0.2, 0) is 14.4 Å². The average Bonchev–Trinajstić information content (AvgIpc) is 2.50. The first-order valence-corrected chi connectivity index (χ1v) is 6.45. The molecule has 1 aromatic carbocycles. The minimum Gasteiger partial charge on any atom is -0.425 e. The Hall–Kier alpha value is -3.23. The fourth-order valence-corrected chi connectivity index (χ4v) is 1.35. The zero-order chi connectivity index (χ0) is 17.4. The van der Waals surface area contributed by atoms with Gasteiger partial charge in [-0.15, -0.1) is 0 Å². The van der Waals surface area contributed by atoms with Crippen LogP contribution in [0.15, 0.2) is 36.4 Å². The van der Waals surface area contributed by atoms with Crippen LogP contribution in [0.4, 0.5) is 5.69 Å². The molecule has 0 saturated carbocycles. The molecule has 0 aromatic heterocycles. The predicted octanol–water partition coefficient (Wildman–Crippen LogP) is 0.309. The molecule has 0 atom stereocenters. The lowest BCUT2D eigenvalue weighted by Gasteiger charge is -2.07. The number of hydrogen-bond donors (Lipinski definition) is 2. The third-order valence-corrected chi connectivity index (χ3v) is 2.51. The van der Waals surface area contributed by atoms with Gasteiger partial charge in [0.1, 0.15) is 12.3 Å². The summed E-state index contributed by atoms with van der Waals surface area (Å²) >= 11 is 0. The molecule has 0 spiro atoms. The van der Waals surface area contributed by atoms with E-state index in [1.165, 1.54) is 31.2 Å². The Bertz CT molecular complexity index is 638. The molecule has 23 heavy (non-hydrogen) atoms. The normalized spacial score (nSPS) is 9.61. The predicted molar refractivity (Wildman–Crippen MR) is 79.6 cm³/mol. The molecule has 0 fully saturated rings. The second kappa shape index (κ2) is 8.27. The van der Waals surface area contributed by atoms with Gasteiger partial charge >= 0.3 is 5.97 Å². The van der Waals surface area contributed by atoms with E-state index in [4.69, 9.17) is 4.74 Å². The standard InChI is InChI=1S/C14H15N3O6/c1-9(2)14(20)16-7-12(18)15-8-13(19)23-11-5-3-10(4-6-11)17(21)22/h3-6H,1,7-8H2,2H3,(H,15,18)(H,16,20). The van der Waals surface area contributed by atoms with Crippen molar-refractivity contribution >= 4 is 23.5 Å². The molecule has 0 heterocycles. The number of non-ortho nitro benzene ring substituents is 1. The molecule has 0 radical (unpaired) electrons. The van der Waals surface area contributed by atoms with E-state index < -0.39 is 29.3 Å². The largest absolute Gasteiger partial charge is 0.425 e. The van der Waals surface area contributed by atoms with Crippen molar-refractivity contribution in [1.82, 2.24) is 10.6 Å². The lowest BCUT2D eigenvalue weighted by Crippen LogP contribution is -2.40. The highest BCUT2D eigenvalue weighted by Crippen LogP contribution is 2.17. The zero-order valence-electron chi connectivity index (χ0n) is 12.3. The zero-order valence-corrected chi connectivity index (χ0v) is 12.3. The molecule has 122 valence electrons. The molecule has 2 N–H and O–H groups in total. The highest BCUT2D eigenvalue weighted by atomic mass is 16.6. The minimum atomic E-state index is -0.751. The molecular formula is C14H15N3O6. The van der Waals surface area contributed by atoms with Crippen molar-refractivity contribution < 1.29 is 24.0 Å². The van der Waals surface area contributed by atoms with Gasteiger partial charge in [-0.2, -0.15) is 0 Å². The van der Waals surface area contributed by atoms with E-state index in [9.17, 15) is 24.5 Å². The van der Waals surface area contributed by atoms with Crippen molar-refractivity contribution in [2.24, 2.45) is 0 Å². The summed E-state index contributed by atoms with van der Waals surface area (Å²) in [7, 11) is 0. The van der Waals surface area contributed by atoms with Crippen LogP contribution < -0.4 is 15.4 Å². The van der Waals surface area contributed by atoms with Gasteiger partial charge in [0.15, 0.2) is 0 Å². The maximum Gasteiger partial charge on any atom is 0.330 e. The van der Waals surface area contributed by atoms with Crippen LogP contribution in [0.2, 0.25) is 0 Å². The molecular weight excluding hydrogens is 306 g/mol. The van der Waals surface area contributed by atoms with Crippen molar-refractivity contribution in [3.63, 3.8) is 0 Å². The van der Waals surface area contributed by atoms with E-state index in [-0.39, 0.29) is 23.6 Å². The number of ether oxygens (including phenoxy) is 1. The summed E-state index contributed by atoms with van der Waals surface area (Å²) in [5.41, 5.74) is 0.127. The Balaban J connectivity index is 2.36. The van der Waals surface area contributed by atoms with Crippen LogP contribution >= 0.6 is 0 Å². The summed E-state index contributed by atoms with van der Waals surface area (Å²) in [6.45, 7) is 4.21. The first-order valence-electron chi connectivity index (χ1n) is 6.45. The Morgan fingerprint density at radius 1 is 1.17 bits per heavy atom. The molecule has 0 aliphatic carbocycles. The quantitative estimate of drug-likeness (QED) is 0.244. The summed E-state index contributed by atoms with van der Waals surface area (Å²) in [4.78, 5) is 44.0. The number of benzene rings is 1. The molecule has 9 nitrogen and oxygen atoms in total. The second-order valence-electron chi connectivity index (χ2n) is 4.46. The van der Waals surface area contributed by atoms with Gasteiger partial charge in [-0.25, -0.2) is 4.79 Å². The number of nitrogens with one attached hydrogen (secondary N) is 2. The van der Waals surface area contributed by atoms with E-state index in [0.717, 1.165) is 0 Å². The van der Waals surface area contributed by atoms with Crippen molar-refractivity contribution in [3.8, 4) is 5.75 Å². The maximum absolute atomic E-state index is 11.5. The third kappa shape index (κ3) is 6.38. The SMILES string of the molecule is C=C(C)C(=O)NCC(=O)NCC(=O)Oc1ccc([N+](=O)[O-])cc1. The fraction of sp³-hybridized carbons (Fsp3) is 0.214. The summed E-state index contributed by atoms with van der Waals surface area (Å²) in [5, 5.41) is 15.0. The van der Waals surface area contributed by atoms with E-state index in [1.807, 2.05) is 0 Å². The molecule has 0 aliphatic rings. The van der Waals surface area contributed by atoms with E-state index in [1.54, 1.807) is 0 Å². The van der Waals surface area contributed by atoms with Crippen LogP contribution in [0.1, 0.15) is 6.92 Å². The Morgan fingerprint density at radius 3 is 2.30 bits per heavy atom. The van der Waals surface area contributed by atoms with Gasteiger partial charge < -0.3 is 15.4 Å². The molecule has 0 aliphatic heterocycles. The first-order chi connectivity index (χ1) is 10.8. The summed E-state index contributed by atoms with van der Waals surface area (Å²) in [6.07, 6.45) is 0. The highest BCUT2D eigenvalue weighted by molar-refractivity contribution is 5.95. The van der Waals surface area contributed by atoms with Gasteiger partial charge in [0.25, 0.3) is 5.69 Å².